The molecule has 0 spiro atoms. The molecule has 0 saturated heterocycles. The number of benzene rings is 1. The van der Waals surface area contributed by atoms with Crippen molar-refractivity contribution in [2.75, 3.05) is 33.4 Å². The molecule has 0 unspecified atom stereocenters. The van der Waals surface area contributed by atoms with Gasteiger partial charge in [0.1, 0.15) is 5.75 Å². The van der Waals surface area contributed by atoms with E-state index in [0.29, 0.717) is 12.7 Å². The predicted molar refractivity (Wildman–Crippen MR) is 100 cm³/mol. The highest BCUT2D eigenvalue weighted by molar-refractivity contribution is 14.1. The molecule has 0 aromatic heterocycles. The summed E-state index contributed by atoms with van der Waals surface area (Å²) in [4.78, 5) is 0. The minimum Gasteiger partial charge on any atom is -0.627 e. The number of alkyl halides is 2. The van der Waals surface area contributed by atoms with Gasteiger partial charge < -0.3 is 24.1 Å². The third kappa shape index (κ3) is 7.53. The Bertz CT molecular complexity index is 548. The van der Waals surface area contributed by atoms with E-state index in [1.54, 1.807) is 55.7 Å². The second-order valence-electron chi connectivity index (χ2n) is 5.30. The molecule has 8 heteroatoms. The van der Waals surface area contributed by atoms with Crippen molar-refractivity contribution in [1.29, 1.82) is 0 Å². The minimum absolute atomic E-state index is 0.00625. The van der Waals surface area contributed by atoms with Crippen LogP contribution in [0.2, 0.25) is 0 Å². The van der Waals surface area contributed by atoms with Crippen LogP contribution < -0.4 is 4.74 Å². The summed E-state index contributed by atoms with van der Waals surface area (Å²) in [6, 6.07) is 7.26. The molecule has 0 aliphatic rings. The maximum absolute atomic E-state index is 13.8. The number of methoxy groups -OCH3 is 1. The van der Waals surface area contributed by atoms with Crippen LogP contribution in [0.3, 0.4) is 0 Å². The number of rotatable bonds is 11. The van der Waals surface area contributed by atoms with Gasteiger partial charge >= 0.3 is 6.11 Å². The fourth-order valence-corrected chi connectivity index (χ4v) is 3.02. The summed E-state index contributed by atoms with van der Waals surface area (Å²) in [6.45, 7) is 3.73. The molecule has 0 atom stereocenters. The van der Waals surface area contributed by atoms with E-state index in [1.165, 1.54) is 0 Å². The number of ether oxygens (including phenoxy) is 3. The number of nitrogens with zero attached hydrogens (tertiary/aromatic N) is 1. The largest absolute Gasteiger partial charge is 0.627 e. The molecule has 1 aromatic rings. The van der Waals surface area contributed by atoms with E-state index in [9.17, 15) is 14.0 Å². The van der Waals surface area contributed by atoms with Gasteiger partial charge in [-0.2, -0.15) is 8.78 Å². The highest BCUT2D eigenvalue weighted by Gasteiger charge is 2.31. The molecule has 0 bridgehead atoms. The van der Waals surface area contributed by atoms with Crippen LogP contribution in [0, 0.1) is 5.21 Å². The summed E-state index contributed by atoms with van der Waals surface area (Å²) in [5.41, 5.74) is 0.904. The van der Waals surface area contributed by atoms with Crippen molar-refractivity contribution in [3.63, 3.8) is 0 Å². The molecule has 0 radical (unpaired) electrons. The van der Waals surface area contributed by atoms with Gasteiger partial charge in [-0.25, -0.2) is 0 Å². The molecular weight excluding hydrogens is 447 g/mol. The highest BCUT2D eigenvalue weighted by Crippen LogP contribution is 2.28. The Balaban J connectivity index is 2.40. The maximum atomic E-state index is 13.8. The van der Waals surface area contributed by atoms with Gasteiger partial charge in [-0.15, -0.1) is 0 Å². The van der Waals surface area contributed by atoms with Crippen LogP contribution in [-0.4, -0.2) is 44.2 Å². The van der Waals surface area contributed by atoms with Crippen molar-refractivity contribution in [3.8, 4) is 5.75 Å². The summed E-state index contributed by atoms with van der Waals surface area (Å²) in [7, 11) is 1.58. The zero-order valence-corrected chi connectivity index (χ0v) is 16.8. The molecule has 0 N–H and O–H groups in total. The van der Waals surface area contributed by atoms with Gasteiger partial charge in [-0.1, -0.05) is 12.1 Å². The Kier molecular flexibility index (Phi) is 9.22. The lowest BCUT2D eigenvalue weighted by Crippen LogP contribution is -2.39. The normalized spacial score (nSPS) is 13.2. The quantitative estimate of drug-likeness (QED) is 0.157. The lowest BCUT2D eigenvalue weighted by Gasteiger charge is -2.40. The second kappa shape index (κ2) is 10.4. The first kappa shape index (κ1) is 22.2. The number of quaternary nitrogens is 1. The van der Waals surface area contributed by atoms with E-state index in [0.717, 1.165) is 11.3 Å². The average Bonchev–Trinajstić information content (AvgIpc) is 2.60. The molecule has 142 valence electrons. The SMILES string of the molecule is CC[N+]([O-])(CC)C(I)=CC(F)(F)OCCOCc1ccc(OC)cc1. The van der Waals surface area contributed by atoms with Gasteiger partial charge in [0.05, 0.1) is 46.1 Å². The van der Waals surface area contributed by atoms with Crippen molar-refractivity contribution in [2.45, 2.75) is 26.6 Å². The van der Waals surface area contributed by atoms with Crippen LogP contribution in [-0.2, 0) is 16.1 Å². The Labute approximate surface area is 160 Å². The first-order valence-electron chi connectivity index (χ1n) is 7.95. The molecule has 1 aromatic carbocycles. The Morgan fingerprint density at radius 2 is 1.80 bits per heavy atom. The Morgan fingerprint density at radius 3 is 2.32 bits per heavy atom. The van der Waals surface area contributed by atoms with Crippen LogP contribution >= 0.6 is 22.6 Å². The molecule has 0 aliphatic heterocycles. The van der Waals surface area contributed by atoms with Gasteiger partial charge in [-0.05, 0) is 31.5 Å². The smallest absolute Gasteiger partial charge is 0.383 e. The summed E-state index contributed by atoms with van der Waals surface area (Å²) in [5.74, 6) is 0.736. The van der Waals surface area contributed by atoms with Crippen molar-refractivity contribution < 1.29 is 27.6 Å². The first-order valence-corrected chi connectivity index (χ1v) is 9.03. The van der Waals surface area contributed by atoms with Gasteiger partial charge in [0.25, 0.3) is 0 Å². The van der Waals surface area contributed by atoms with Crippen LogP contribution in [0.5, 0.6) is 5.75 Å². The maximum Gasteiger partial charge on any atom is 0.383 e. The van der Waals surface area contributed by atoms with Gasteiger partial charge in [-0.3, -0.25) is 0 Å². The van der Waals surface area contributed by atoms with Crippen molar-refractivity contribution >= 4 is 22.6 Å². The van der Waals surface area contributed by atoms with Gasteiger partial charge in [0.15, 0.2) is 3.70 Å². The molecule has 0 heterocycles. The van der Waals surface area contributed by atoms with E-state index in [1.807, 2.05) is 12.1 Å². The van der Waals surface area contributed by atoms with E-state index in [4.69, 9.17) is 9.47 Å². The molecule has 5 nitrogen and oxygen atoms in total. The third-order valence-electron chi connectivity index (χ3n) is 3.65. The van der Waals surface area contributed by atoms with E-state index in [-0.39, 0.29) is 30.0 Å². The van der Waals surface area contributed by atoms with E-state index < -0.39 is 10.8 Å². The zero-order chi connectivity index (χ0) is 18.9. The molecule has 0 fully saturated rings. The number of halogens is 3. The number of hydrogen-bond acceptors (Lipinski definition) is 4. The topological polar surface area (TPSA) is 50.8 Å². The summed E-state index contributed by atoms with van der Waals surface area (Å²) < 4.78 is 41.7. The fourth-order valence-electron chi connectivity index (χ4n) is 1.97. The Hall–Kier alpha value is -0.810. The molecule has 0 amide bonds. The standard InChI is InChI=1S/C17H24F2INO4/c1-4-21(22,5-2)16(20)12-17(18,19)25-11-10-24-13-14-6-8-15(23-3)9-7-14/h6-9,12H,4-5,10-11,13H2,1-3H3. The van der Waals surface area contributed by atoms with Crippen LogP contribution in [0.15, 0.2) is 34.0 Å². The summed E-state index contributed by atoms with van der Waals surface area (Å²) in [5, 5.41) is 12.2. The molecule has 0 aliphatic carbocycles. The van der Waals surface area contributed by atoms with Crippen molar-refractivity contribution in [2.24, 2.45) is 0 Å². The molecular formula is C17H24F2INO4. The Morgan fingerprint density at radius 1 is 1.20 bits per heavy atom. The monoisotopic (exact) mass is 471 g/mol. The van der Waals surface area contributed by atoms with Crippen LogP contribution in [0.25, 0.3) is 0 Å². The zero-order valence-electron chi connectivity index (χ0n) is 14.6. The molecule has 1 rings (SSSR count). The molecule has 25 heavy (non-hydrogen) atoms. The summed E-state index contributed by atoms with van der Waals surface area (Å²) >= 11 is 1.65. The summed E-state index contributed by atoms with van der Waals surface area (Å²) in [6.07, 6.45) is -2.92. The second-order valence-corrected chi connectivity index (χ2v) is 6.41. The van der Waals surface area contributed by atoms with Gasteiger partial charge in [0.2, 0.25) is 0 Å². The average molecular weight is 471 g/mol. The lowest BCUT2D eigenvalue weighted by atomic mass is 10.2. The first-order chi connectivity index (χ1) is 11.8. The molecule has 0 saturated carbocycles. The lowest BCUT2D eigenvalue weighted by molar-refractivity contribution is -0.828. The minimum atomic E-state index is -3.50. The third-order valence-corrected chi connectivity index (χ3v) is 4.84. The predicted octanol–water partition coefficient (Wildman–Crippen LogP) is 4.45. The van der Waals surface area contributed by atoms with Crippen LogP contribution in [0.4, 0.5) is 8.78 Å². The van der Waals surface area contributed by atoms with E-state index in [2.05, 4.69) is 4.74 Å². The van der Waals surface area contributed by atoms with Crippen LogP contribution in [0.1, 0.15) is 19.4 Å². The number of hydroxylamine groups is 3. The van der Waals surface area contributed by atoms with Gasteiger partial charge in [0, 0.05) is 22.6 Å². The van der Waals surface area contributed by atoms with E-state index >= 15 is 0 Å². The fraction of sp³-hybridized carbons (Fsp3) is 0.529. The van der Waals surface area contributed by atoms with Crippen molar-refractivity contribution in [1.82, 2.24) is 0 Å². The highest BCUT2D eigenvalue weighted by atomic mass is 127. The van der Waals surface area contributed by atoms with Crippen molar-refractivity contribution in [3.05, 3.63) is 44.8 Å². The number of hydrogen-bond donors (Lipinski definition) is 0.